The summed E-state index contributed by atoms with van der Waals surface area (Å²) in [4.78, 5) is 12.1. The molecule has 0 radical (unpaired) electrons. The van der Waals surface area contributed by atoms with Crippen LogP contribution >= 0.6 is 11.6 Å². The van der Waals surface area contributed by atoms with Crippen LogP contribution in [0.3, 0.4) is 0 Å². The molecule has 6 heteroatoms. The fourth-order valence-electron chi connectivity index (χ4n) is 2.09. The Labute approximate surface area is 140 Å². The van der Waals surface area contributed by atoms with Crippen LogP contribution in [-0.4, -0.2) is 26.7 Å². The van der Waals surface area contributed by atoms with E-state index in [9.17, 15) is 4.79 Å². The number of benzene rings is 2. The SMILES string of the molecule is COc1cc(OC)c(NC(=O)CNc2cccc(C)c2)cc1Cl. The summed E-state index contributed by atoms with van der Waals surface area (Å²) < 4.78 is 10.4. The monoisotopic (exact) mass is 334 g/mol. The lowest BCUT2D eigenvalue weighted by molar-refractivity contribution is -0.114. The summed E-state index contributed by atoms with van der Waals surface area (Å²) in [6.07, 6.45) is 0. The highest BCUT2D eigenvalue weighted by Gasteiger charge is 2.12. The standard InChI is InChI=1S/C17H19ClN2O3/c1-11-5-4-6-12(7-11)19-10-17(21)20-14-8-13(18)15(22-2)9-16(14)23-3/h4-9,19H,10H2,1-3H3,(H,20,21). The number of rotatable bonds is 6. The third-order valence-electron chi connectivity index (χ3n) is 3.22. The van der Waals surface area contributed by atoms with E-state index >= 15 is 0 Å². The predicted molar refractivity (Wildman–Crippen MR) is 92.9 cm³/mol. The minimum absolute atomic E-state index is 0.135. The minimum Gasteiger partial charge on any atom is -0.495 e. The highest BCUT2D eigenvalue weighted by atomic mass is 35.5. The molecule has 2 aromatic carbocycles. The third-order valence-corrected chi connectivity index (χ3v) is 3.51. The number of hydrogen-bond donors (Lipinski definition) is 2. The van der Waals surface area contributed by atoms with Crippen LogP contribution in [0, 0.1) is 6.92 Å². The first-order valence-electron chi connectivity index (χ1n) is 7.05. The Hall–Kier alpha value is -2.40. The first-order valence-corrected chi connectivity index (χ1v) is 7.43. The van der Waals surface area contributed by atoms with Crippen molar-refractivity contribution in [2.45, 2.75) is 6.92 Å². The van der Waals surface area contributed by atoms with Gasteiger partial charge in [-0.2, -0.15) is 0 Å². The van der Waals surface area contributed by atoms with E-state index in [1.165, 1.54) is 14.2 Å². The van der Waals surface area contributed by atoms with Crippen molar-refractivity contribution in [3.05, 3.63) is 47.0 Å². The molecule has 0 heterocycles. The average molecular weight is 335 g/mol. The van der Waals surface area contributed by atoms with Crippen LogP contribution < -0.4 is 20.1 Å². The van der Waals surface area contributed by atoms with Crippen LogP contribution in [0.15, 0.2) is 36.4 Å². The molecule has 0 atom stereocenters. The zero-order valence-corrected chi connectivity index (χ0v) is 14.0. The van der Waals surface area contributed by atoms with E-state index in [0.717, 1.165) is 11.3 Å². The maximum atomic E-state index is 12.1. The van der Waals surface area contributed by atoms with Crippen molar-refractivity contribution in [3.63, 3.8) is 0 Å². The van der Waals surface area contributed by atoms with Crippen molar-refractivity contribution in [1.29, 1.82) is 0 Å². The maximum absolute atomic E-state index is 12.1. The molecule has 0 spiro atoms. The molecule has 0 saturated carbocycles. The van der Waals surface area contributed by atoms with Gasteiger partial charge in [-0.15, -0.1) is 0 Å². The Kier molecular flexibility index (Phi) is 5.71. The highest BCUT2D eigenvalue weighted by molar-refractivity contribution is 6.32. The van der Waals surface area contributed by atoms with Gasteiger partial charge in [0.1, 0.15) is 11.5 Å². The van der Waals surface area contributed by atoms with Crippen molar-refractivity contribution < 1.29 is 14.3 Å². The number of nitrogens with one attached hydrogen (secondary N) is 2. The van der Waals surface area contributed by atoms with E-state index in [4.69, 9.17) is 21.1 Å². The van der Waals surface area contributed by atoms with Gasteiger partial charge in [-0.3, -0.25) is 4.79 Å². The van der Waals surface area contributed by atoms with E-state index < -0.39 is 0 Å². The fourth-order valence-corrected chi connectivity index (χ4v) is 2.33. The van der Waals surface area contributed by atoms with Crippen LogP contribution in [0.4, 0.5) is 11.4 Å². The van der Waals surface area contributed by atoms with E-state index in [-0.39, 0.29) is 12.5 Å². The summed E-state index contributed by atoms with van der Waals surface area (Å²) in [5.74, 6) is 0.764. The quantitative estimate of drug-likeness (QED) is 0.845. The van der Waals surface area contributed by atoms with Crippen LogP contribution in [0.25, 0.3) is 0 Å². The molecule has 1 amide bonds. The smallest absolute Gasteiger partial charge is 0.243 e. The van der Waals surface area contributed by atoms with E-state index in [0.29, 0.717) is 22.2 Å². The average Bonchev–Trinajstić information content (AvgIpc) is 2.53. The lowest BCUT2D eigenvalue weighted by Crippen LogP contribution is -2.22. The van der Waals surface area contributed by atoms with Crippen molar-refractivity contribution in [2.75, 3.05) is 31.4 Å². The zero-order valence-electron chi connectivity index (χ0n) is 13.3. The number of ether oxygens (including phenoxy) is 2. The second kappa shape index (κ2) is 7.74. The molecule has 0 fully saturated rings. The van der Waals surface area contributed by atoms with Gasteiger partial charge in [0, 0.05) is 11.8 Å². The van der Waals surface area contributed by atoms with Gasteiger partial charge in [-0.25, -0.2) is 0 Å². The molecule has 0 unspecified atom stereocenters. The molecule has 0 aliphatic carbocycles. The predicted octanol–water partition coefficient (Wildman–Crippen LogP) is 3.72. The van der Waals surface area contributed by atoms with E-state index in [1.54, 1.807) is 12.1 Å². The molecule has 0 aliphatic heterocycles. The number of methoxy groups -OCH3 is 2. The molecular weight excluding hydrogens is 316 g/mol. The van der Waals surface area contributed by atoms with Crippen LogP contribution in [0.1, 0.15) is 5.56 Å². The van der Waals surface area contributed by atoms with Crippen LogP contribution in [0.2, 0.25) is 5.02 Å². The fraction of sp³-hybridized carbons (Fsp3) is 0.235. The Morgan fingerprint density at radius 1 is 1.13 bits per heavy atom. The van der Waals surface area contributed by atoms with Gasteiger partial charge in [0.05, 0.1) is 31.5 Å². The zero-order chi connectivity index (χ0) is 16.8. The molecule has 122 valence electrons. The molecule has 0 bridgehead atoms. The molecule has 2 rings (SSSR count). The van der Waals surface area contributed by atoms with Crippen molar-refractivity contribution in [1.82, 2.24) is 0 Å². The lowest BCUT2D eigenvalue weighted by atomic mass is 10.2. The number of anilines is 2. The normalized spacial score (nSPS) is 10.1. The Bertz CT molecular complexity index is 704. The Morgan fingerprint density at radius 2 is 1.87 bits per heavy atom. The van der Waals surface area contributed by atoms with E-state index in [2.05, 4.69) is 10.6 Å². The van der Waals surface area contributed by atoms with Gasteiger partial charge >= 0.3 is 0 Å². The second-order valence-corrected chi connectivity index (χ2v) is 5.37. The van der Waals surface area contributed by atoms with E-state index in [1.807, 2.05) is 31.2 Å². The van der Waals surface area contributed by atoms with Gasteiger partial charge < -0.3 is 20.1 Å². The van der Waals surface area contributed by atoms with Gasteiger partial charge in [0.2, 0.25) is 5.91 Å². The van der Waals surface area contributed by atoms with Gasteiger partial charge in [0.25, 0.3) is 0 Å². The summed E-state index contributed by atoms with van der Waals surface area (Å²) in [6, 6.07) is 11.0. The first kappa shape index (κ1) is 17.0. The Morgan fingerprint density at radius 3 is 2.52 bits per heavy atom. The van der Waals surface area contributed by atoms with Gasteiger partial charge in [-0.1, -0.05) is 23.7 Å². The molecule has 2 aromatic rings. The first-order chi connectivity index (χ1) is 11.0. The molecule has 2 N–H and O–H groups in total. The number of halogens is 1. The topological polar surface area (TPSA) is 59.6 Å². The van der Waals surface area contributed by atoms with Crippen LogP contribution in [-0.2, 0) is 4.79 Å². The summed E-state index contributed by atoms with van der Waals surface area (Å²) >= 11 is 6.08. The van der Waals surface area contributed by atoms with Crippen molar-refractivity contribution in [2.24, 2.45) is 0 Å². The summed E-state index contributed by atoms with van der Waals surface area (Å²) in [5.41, 5.74) is 2.51. The maximum Gasteiger partial charge on any atom is 0.243 e. The number of amides is 1. The van der Waals surface area contributed by atoms with Crippen molar-refractivity contribution in [3.8, 4) is 11.5 Å². The van der Waals surface area contributed by atoms with Crippen molar-refractivity contribution >= 4 is 28.9 Å². The molecule has 0 saturated heterocycles. The molecule has 0 aliphatic rings. The summed E-state index contributed by atoms with van der Waals surface area (Å²) in [5, 5.41) is 6.24. The lowest BCUT2D eigenvalue weighted by Gasteiger charge is -2.13. The van der Waals surface area contributed by atoms with Crippen LogP contribution in [0.5, 0.6) is 11.5 Å². The second-order valence-electron chi connectivity index (χ2n) is 4.96. The summed E-state index contributed by atoms with van der Waals surface area (Å²) in [6.45, 7) is 2.13. The number of aryl methyl sites for hydroxylation is 1. The number of carbonyl (C=O) groups is 1. The summed E-state index contributed by atoms with van der Waals surface area (Å²) in [7, 11) is 3.04. The number of carbonyl (C=O) groups excluding carboxylic acids is 1. The third kappa shape index (κ3) is 4.53. The van der Waals surface area contributed by atoms with Gasteiger partial charge in [0.15, 0.2) is 0 Å². The molecule has 0 aromatic heterocycles. The largest absolute Gasteiger partial charge is 0.495 e. The molecular formula is C17H19ClN2O3. The van der Waals surface area contributed by atoms with Gasteiger partial charge in [-0.05, 0) is 30.7 Å². The Balaban J connectivity index is 2.03. The highest BCUT2D eigenvalue weighted by Crippen LogP contribution is 2.35. The minimum atomic E-state index is -0.203. The molecule has 5 nitrogen and oxygen atoms in total. The number of hydrogen-bond acceptors (Lipinski definition) is 4. The molecule has 23 heavy (non-hydrogen) atoms.